The Morgan fingerprint density at radius 3 is 2.85 bits per heavy atom. The first-order valence-corrected chi connectivity index (χ1v) is 9.27. The van der Waals surface area contributed by atoms with Gasteiger partial charge in [0.1, 0.15) is 0 Å². The second-order valence-electron chi connectivity index (χ2n) is 5.70. The zero-order chi connectivity index (χ0) is 18.8. The van der Waals surface area contributed by atoms with Crippen LogP contribution in [0.1, 0.15) is 30.9 Å². The normalized spacial score (nSPS) is 11.8. The van der Waals surface area contributed by atoms with Gasteiger partial charge in [0.25, 0.3) is 5.56 Å². The van der Waals surface area contributed by atoms with Crippen molar-refractivity contribution in [3.8, 4) is 0 Å². The summed E-state index contributed by atoms with van der Waals surface area (Å²) in [5.41, 5.74) is 1.87. The molecule has 6 nitrogen and oxygen atoms in total. The highest BCUT2D eigenvalue weighted by Gasteiger charge is 2.14. The van der Waals surface area contributed by atoms with Gasteiger partial charge in [0.2, 0.25) is 5.91 Å². The number of rotatable bonds is 4. The molecule has 0 aliphatic carbocycles. The Bertz CT molecular complexity index is 1070. The Labute approximate surface area is 159 Å². The van der Waals surface area contributed by atoms with Gasteiger partial charge < -0.3 is 4.98 Å². The summed E-state index contributed by atoms with van der Waals surface area (Å²) < 4.78 is 0. The smallest absolute Gasteiger partial charge is 0.259 e. The van der Waals surface area contributed by atoms with E-state index < -0.39 is 0 Å². The fourth-order valence-electron chi connectivity index (χ4n) is 2.58. The maximum Gasteiger partial charge on any atom is 0.259 e. The minimum atomic E-state index is -0.243. The molecule has 1 aromatic carbocycles. The van der Waals surface area contributed by atoms with Crippen LogP contribution in [0.25, 0.3) is 22.0 Å². The number of anilines is 1. The van der Waals surface area contributed by atoms with E-state index in [0.717, 1.165) is 5.56 Å². The van der Waals surface area contributed by atoms with E-state index in [2.05, 4.69) is 15.0 Å². The average Bonchev–Trinajstić information content (AvgIpc) is 3.04. The Hall–Kier alpha value is -2.51. The van der Waals surface area contributed by atoms with E-state index in [1.54, 1.807) is 22.4 Å². The number of nitrogens with zero attached hydrogens (tertiary/aromatic N) is 3. The molecule has 1 amide bonds. The summed E-state index contributed by atoms with van der Waals surface area (Å²) in [6, 6.07) is 5.43. The molecule has 0 saturated carbocycles. The summed E-state index contributed by atoms with van der Waals surface area (Å²) in [4.78, 5) is 37.1. The second kappa shape index (κ2) is 7.39. The van der Waals surface area contributed by atoms with Crippen molar-refractivity contribution in [2.45, 2.75) is 20.8 Å². The summed E-state index contributed by atoms with van der Waals surface area (Å²) in [6.07, 6.45) is 1.62. The number of amides is 1. The van der Waals surface area contributed by atoms with Gasteiger partial charge in [0.05, 0.1) is 21.6 Å². The number of aryl methyl sites for hydroxylation is 1. The summed E-state index contributed by atoms with van der Waals surface area (Å²) in [7, 11) is 0. The SMILES string of the molecule is CCN(C(C)=O)c1nc(C=C(Cl)c2nc3c(C)cccc3c(=O)[nH]2)cs1. The quantitative estimate of drug-likeness (QED) is 0.737. The monoisotopic (exact) mass is 388 g/mol. The van der Waals surface area contributed by atoms with Gasteiger partial charge in [0.15, 0.2) is 11.0 Å². The third-order valence-corrected chi connectivity index (χ3v) is 5.05. The fraction of sp³-hybridized carbons (Fsp3) is 0.222. The van der Waals surface area contributed by atoms with Crippen molar-refractivity contribution in [3.05, 3.63) is 51.0 Å². The minimum absolute atomic E-state index is 0.0699. The van der Waals surface area contributed by atoms with Gasteiger partial charge in [-0.1, -0.05) is 23.7 Å². The van der Waals surface area contributed by atoms with Crippen molar-refractivity contribution in [1.29, 1.82) is 0 Å². The molecule has 0 spiro atoms. The van der Waals surface area contributed by atoms with Gasteiger partial charge in [-0.2, -0.15) is 0 Å². The molecular formula is C18H17ClN4O2S. The highest BCUT2D eigenvalue weighted by Crippen LogP contribution is 2.25. The highest BCUT2D eigenvalue weighted by molar-refractivity contribution is 7.14. The van der Waals surface area contributed by atoms with E-state index in [-0.39, 0.29) is 22.3 Å². The maximum atomic E-state index is 12.3. The number of aromatic amines is 1. The summed E-state index contributed by atoms with van der Waals surface area (Å²) in [5.74, 6) is 0.214. The molecule has 0 radical (unpaired) electrons. The Morgan fingerprint density at radius 2 is 2.15 bits per heavy atom. The van der Waals surface area contributed by atoms with Crippen molar-refractivity contribution in [2.24, 2.45) is 0 Å². The fourth-order valence-corrected chi connectivity index (χ4v) is 3.67. The number of para-hydroxylation sites is 1. The maximum absolute atomic E-state index is 12.3. The molecule has 2 aromatic heterocycles. The third-order valence-electron chi connectivity index (χ3n) is 3.88. The van der Waals surface area contributed by atoms with Crippen molar-refractivity contribution in [2.75, 3.05) is 11.4 Å². The predicted molar refractivity (Wildman–Crippen MR) is 107 cm³/mol. The van der Waals surface area contributed by atoms with Crippen molar-refractivity contribution < 1.29 is 4.79 Å². The zero-order valence-corrected chi connectivity index (χ0v) is 16.1. The molecule has 0 aliphatic heterocycles. The molecule has 0 bridgehead atoms. The number of H-pyrrole nitrogens is 1. The predicted octanol–water partition coefficient (Wildman–Crippen LogP) is 3.80. The van der Waals surface area contributed by atoms with Gasteiger partial charge in [-0.05, 0) is 31.6 Å². The number of fused-ring (bicyclic) bond motifs is 1. The van der Waals surface area contributed by atoms with Crippen LogP contribution in [0.15, 0.2) is 28.4 Å². The van der Waals surface area contributed by atoms with Gasteiger partial charge in [-0.3, -0.25) is 14.5 Å². The molecule has 0 fully saturated rings. The molecular weight excluding hydrogens is 372 g/mol. The van der Waals surface area contributed by atoms with Crippen LogP contribution in [0, 0.1) is 6.92 Å². The summed E-state index contributed by atoms with van der Waals surface area (Å²) in [5, 5.41) is 3.20. The topological polar surface area (TPSA) is 79.0 Å². The first kappa shape index (κ1) is 18.3. The lowest BCUT2D eigenvalue weighted by Gasteiger charge is -2.14. The largest absolute Gasteiger partial charge is 0.305 e. The van der Waals surface area contributed by atoms with Crippen LogP contribution >= 0.6 is 22.9 Å². The lowest BCUT2D eigenvalue weighted by atomic mass is 10.1. The van der Waals surface area contributed by atoms with E-state index in [4.69, 9.17) is 11.6 Å². The van der Waals surface area contributed by atoms with Gasteiger partial charge in [0, 0.05) is 18.8 Å². The number of carbonyl (C=O) groups excluding carboxylic acids is 1. The van der Waals surface area contributed by atoms with Crippen LogP contribution in [-0.4, -0.2) is 27.4 Å². The van der Waals surface area contributed by atoms with Gasteiger partial charge >= 0.3 is 0 Å². The molecule has 2 heterocycles. The van der Waals surface area contributed by atoms with E-state index in [0.29, 0.717) is 28.3 Å². The van der Waals surface area contributed by atoms with E-state index in [1.807, 2.05) is 26.0 Å². The Morgan fingerprint density at radius 1 is 1.38 bits per heavy atom. The average molecular weight is 389 g/mol. The molecule has 1 N–H and O–H groups in total. The molecule has 3 rings (SSSR count). The minimum Gasteiger partial charge on any atom is -0.305 e. The third kappa shape index (κ3) is 3.54. The van der Waals surface area contributed by atoms with Crippen LogP contribution in [0.4, 0.5) is 5.13 Å². The summed E-state index contributed by atoms with van der Waals surface area (Å²) in [6.45, 7) is 5.82. The van der Waals surface area contributed by atoms with E-state index in [9.17, 15) is 9.59 Å². The van der Waals surface area contributed by atoms with Crippen LogP contribution in [0.5, 0.6) is 0 Å². The van der Waals surface area contributed by atoms with Gasteiger partial charge in [-0.25, -0.2) is 9.97 Å². The number of halogens is 1. The van der Waals surface area contributed by atoms with Crippen molar-refractivity contribution >= 4 is 56.0 Å². The molecule has 0 saturated heterocycles. The molecule has 134 valence electrons. The molecule has 26 heavy (non-hydrogen) atoms. The van der Waals surface area contributed by atoms with Crippen molar-refractivity contribution in [3.63, 3.8) is 0 Å². The first-order chi connectivity index (χ1) is 12.4. The van der Waals surface area contributed by atoms with Crippen LogP contribution < -0.4 is 10.5 Å². The molecule has 0 atom stereocenters. The lowest BCUT2D eigenvalue weighted by Crippen LogP contribution is -2.27. The highest BCUT2D eigenvalue weighted by atomic mass is 35.5. The zero-order valence-electron chi connectivity index (χ0n) is 14.5. The number of benzene rings is 1. The summed E-state index contributed by atoms with van der Waals surface area (Å²) >= 11 is 7.72. The first-order valence-electron chi connectivity index (χ1n) is 8.01. The second-order valence-corrected chi connectivity index (χ2v) is 6.94. The van der Waals surface area contributed by atoms with Crippen LogP contribution in [0.3, 0.4) is 0 Å². The standard InChI is InChI=1S/C18H17ClN4O2S/c1-4-23(11(3)24)18-20-12(9-26-18)8-14(19)16-21-15-10(2)6-5-7-13(15)17(25)22-16/h5-9H,4H2,1-3H3,(H,21,22,25). The number of thiazole rings is 1. The molecule has 0 aliphatic rings. The van der Waals surface area contributed by atoms with E-state index >= 15 is 0 Å². The lowest BCUT2D eigenvalue weighted by molar-refractivity contribution is -0.116. The van der Waals surface area contributed by atoms with Crippen LogP contribution in [0.2, 0.25) is 0 Å². The molecule has 8 heteroatoms. The number of aromatic nitrogens is 3. The van der Waals surface area contributed by atoms with Crippen molar-refractivity contribution in [1.82, 2.24) is 15.0 Å². The van der Waals surface area contributed by atoms with Gasteiger partial charge in [-0.15, -0.1) is 11.3 Å². The van der Waals surface area contributed by atoms with E-state index in [1.165, 1.54) is 18.3 Å². The molecule has 0 unspecified atom stereocenters. The number of hydrogen-bond acceptors (Lipinski definition) is 5. The van der Waals surface area contributed by atoms with Crippen LogP contribution in [-0.2, 0) is 4.79 Å². The number of hydrogen-bond donors (Lipinski definition) is 1. The molecule has 3 aromatic rings. The Kier molecular flexibility index (Phi) is 5.20. The number of nitrogens with one attached hydrogen (secondary N) is 1. The number of carbonyl (C=O) groups is 1. The Balaban J connectivity index is 1.99.